The molecule has 2 nitrogen and oxygen atoms in total. The predicted octanol–water partition coefficient (Wildman–Crippen LogP) is 3.34. The number of nitrogens with two attached hydrogens (primary N) is 1. The lowest BCUT2D eigenvalue weighted by atomic mass is 10.1. The van der Waals surface area contributed by atoms with Crippen molar-refractivity contribution in [2.75, 3.05) is 0 Å². The minimum absolute atomic E-state index is 0.475. The van der Waals surface area contributed by atoms with Gasteiger partial charge in [0.2, 0.25) is 0 Å². The van der Waals surface area contributed by atoms with E-state index in [0.717, 1.165) is 20.1 Å². The minimum Gasteiger partial charge on any atom is -0.325 e. The van der Waals surface area contributed by atoms with Gasteiger partial charge in [-0.05, 0) is 28.9 Å². The van der Waals surface area contributed by atoms with Gasteiger partial charge in [0.25, 0.3) is 0 Å². The summed E-state index contributed by atoms with van der Waals surface area (Å²) in [6.45, 7) is 2.55. The molecule has 4 heteroatoms. The third-order valence-corrected chi connectivity index (χ3v) is 3.99. The molecule has 0 aliphatic heterocycles. The zero-order valence-corrected chi connectivity index (χ0v) is 10.7. The van der Waals surface area contributed by atoms with Gasteiger partial charge in [-0.1, -0.05) is 23.8 Å². The van der Waals surface area contributed by atoms with Crippen LogP contribution in [-0.4, -0.2) is 4.98 Å². The summed E-state index contributed by atoms with van der Waals surface area (Å²) in [4.78, 5) is 4.49. The molecule has 0 atom stereocenters. The van der Waals surface area contributed by atoms with E-state index in [-0.39, 0.29) is 0 Å². The number of aryl methyl sites for hydroxylation is 1. The Kier molecular flexibility index (Phi) is 3.19. The van der Waals surface area contributed by atoms with Gasteiger partial charge in [0.15, 0.2) is 0 Å². The maximum atomic E-state index is 5.59. The van der Waals surface area contributed by atoms with Crippen LogP contribution in [0.15, 0.2) is 28.1 Å². The van der Waals surface area contributed by atoms with Crippen molar-refractivity contribution in [2.24, 2.45) is 5.73 Å². The Bertz CT molecular complexity index is 479. The predicted molar refractivity (Wildman–Crippen MR) is 67.9 cm³/mol. The molecule has 78 valence electrons. The summed E-state index contributed by atoms with van der Waals surface area (Å²) in [5.41, 5.74) is 8.91. The van der Waals surface area contributed by atoms with Crippen LogP contribution >= 0.6 is 27.3 Å². The van der Waals surface area contributed by atoms with Gasteiger partial charge in [-0.25, -0.2) is 4.98 Å². The number of nitrogens with zero attached hydrogens (tertiary/aromatic N) is 1. The van der Waals surface area contributed by atoms with E-state index in [1.165, 1.54) is 5.56 Å². The van der Waals surface area contributed by atoms with Gasteiger partial charge >= 0.3 is 0 Å². The van der Waals surface area contributed by atoms with Gasteiger partial charge in [-0.3, -0.25) is 0 Å². The van der Waals surface area contributed by atoms with Crippen LogP contribution in [-0.2, 0) is 6.54 Å². The molecule has 0 bridgehead atoms. The summed E-state index contributed by atoms with van der Waals surface area (Å²) < 4.78 is 1.03. The number of hydrogen-bond donors (Lipinski definition) is 1. The van der Waals surface area contributed by atoms with E-state index >= 15 is 0 Å². The van der Waals surface area contributed by atoms with E-state index in [1.807, 2.05) is 6.07 Å². The smallest absolute Gasteiger partial charge is 0.124 e. The van der Waals surface area contributed by atoms with Gasteiger partial charge in [-0.2, -0.15) is 0 Å². The third kappa shape index (κ3) is 2.27. The Morgan fingerprint density at radius 3 is 2.87 bits per heavy atom. The fraction of sp³-hybridized carbons (Fsp3) is 0.182. The first-order valence-corrected chi connectivity index (χ1v) is 6.24. The lowest BCUT2D eigenvalue weighted by Crippen LogP contribution is -1.96. The molecular weight excluding hydrogens is 272 g/mol. The van der Waals surface area contributed by atoms with Crippen LogP contribution in [0.4, 0.5) is 0 Å². The maximum Gasteiger partial charge on any atom is 0.124 e. The van der Waals surface area contributed by atoms with E-state index in [1.54, 1.807) is 11.3 Å². The molecule has 0 saturated carbocycles. The quantitative estimate of drug-likeness (QED) is 0.918. The Morgan fingerprint density at radius 2 is 2.27 bits per heavy atom. The number of hydrogen-bond acceptors (Lipinski definition) is 3. The molecule has 2 aromatic rings. The molecule has 0 aliphatic rings. The topological polar surface area (TPSA) is 38.9 Å². The van der Waals surface area contributed by atoms with Crippen LogP contribution in [0.25, 0.3) is 10.6 Å². The van der Waals surface area contributed by atoms with Crippen molar-refractivity contribution in [1.29, 1.82) is 0 Å². The van der Waals surface area contributed by atoms with Crippen LogP contribution in [0.3, 0.4) is 0 Å². The monoisotopic (exact) mass is 282 g/mol. The van der Waals surface area contributed by atoms with Crippen LogP contribution in [0.1, 0.15) is 11.3 Å². The summed E-state index contributed by atoms with van der Waals surface area (Å²) in [7, 11) is 0. The lowest BCUT2D eigenvalue weighted by Gasteiger charge is -1.96. The summed E-state index contributed by atoms with van der Waals surface area (Å²) in [6, 6.07) is 8.32. The van der Waals surface area contributed by atoms with Crippen molar-refractivity contribution >= 4 is 27.3 Å². The summed E-state index contributed by atoms with van der Waals surface area (Å²) in [6.07, 6.45) is 0. The molecular formula is C11H11BrN2S. The molecule has 0 fully saturated rings. The Labute approximate surface area is 101 Å². The van der Waals surface area contributed by atoms with Crippen LogP contribution < -0.4 is 5.73 Å². The van der Waals surface area contributed by atoms with E-state index < -0.39 is 0 Å². The van der Waals surface area contributed by atoms with Crippen molar-refractivity contribution in [3.05, 3.63) is 39.3 Å². The van der Waals surface area contributed by atoms with E-state index in [9.17, 15) is 0 Å². The molecule has 1 aromatic heterocycles. The standard InChI is InChI=1S/C11H11BrN2S/c1-7-3-2-4-8(5-7)11-14-9(6-13)10(12)15-11/h2-5H,6,13H2,1H3. The van der Waals surface area contributed by atoms with Gasteiger partial charge in [0.05, 0.1) is 9.48 Å². The summed E-state index contributed by atoms with van der Waals surface area (Å²) in [5, 5.41) is 1.02. The van der Waals surface area contributed by atoms with Crippen molar-refractivity contribution in [2.45, 2.75) is 13.5 Å². The molecule has 0 unspecified atom stereocenters. The molecule has 0 aliphatic carbocycles. The molecule has 0 saturated heterocycles. The second kappa shape index (κ2) is 4.43. The van der Waals surface area contributed by atoms with Crippen LogP contribution in [0.2, 0.25) is 0 Å². The highest BCUT2D eigenvalue weighted by molar-refractivity contribution is 9.11. The zero-order chi connectivity index (χ0) is 10.8. The molecule has 0 radical (unpaired) electrons. The first kappa shape index (κ1) is 10.8. The van der Waals surface area contributed by atoms with E-state index in [0.29, 0.717) is 6.54 Å². The van der Waals surface area contributed by atoms with Gasteiger partial charge in [0, 0.05) is 12.1 Å². The average molecular weight is 283 g/mol. The van der Waals surface area contributed by atoms with E-state index in [4.69, 9.17) is 5.73 Å². The van der Waals surface area contributed by atoms with Crippen molar-refractivity contribution in [3.63, 3.8) is 0 Å². The van der Waals surface area contributed by atoms with Crippen LogP contribution in [0.5, 0.6) is 0 Å². The fourth-order valence-electron chi connectivity index (χ4n) is 1.36. The largest absolute Gasteiger partial charge is 0.325 e. The summed E-state index contributed by atoms with van der Waals surface area (Å²) >= 11 is 5.10. The number of aromatic nitrogens is 1. The maximum absolute atomic E-state index is 5.59. The van der Waals surface area contributed by atoms with Gasteiger partial charge in [-0.15, -0.1) is 11.3 Å². The normalized spacial score (nSPS) is 10.6. The van der Waals surface area contributed by atoms with Crippen molar-refractivity contribution < 1.29 is 0 Å². The molecule has 1 heterocycles. The Morgan fingerprint density at radius 1 is 1.47 bits per heavy atom. The third-order valence-electron chi connectivity index (χ3n) is 2.11. The van der Waals surface area contributed by atoms with Crippen molar-refractivity contribution in [1.82, 2.24) is 4.98 Å². The Balaban J connectivity index is 2.45. The minimum atomic E-state index is 0.475. The van der Waals surface area contributed by atoms with Gasteiger partial charge in [0.1, 0.15) is 5.01 Å². The van der Waals surface area contributed by atoms with Crippen LogP contribution in [0, 0.1) is 6.92 Å². The SMILES string of the molecule is Cc1cccc(-c2nc(CN)c(Br)s2)c1. The first-order valence-electron chi connectivity index (χ1n) is 4.63. The highest BCUT2D eigenvalue weighted by Crippen LogP contribution is 2.31. The molecule has 1 aromatic carbocycles. The fourth-order valence-corrected chi connectivity index (χ4v) is 2.89. The summed E-state index contributed by atoms with van der Waals surface area (Å²) in [5.74, 6) is 0. The number of rotatable bonds is 2. The zero-order valence-electron chi connectivity index (χ0n) is 8.33. The molecule has 0 spiro atoms. The second-order valence-corrected chi connectivity index (χ2v) is 5.63. The lowest BCUT2D eigenvalue weighted by molar-refractivity contribution is 1.01. The second-order valence-electron chi connectivity index (χ2n) is 3.31. The molecule has 15 heavy (non-hydrogen) atoms. The van der Waals surface area contributed by atoms with Crippen molar-refractivity contribution in [3.8, 4) is 10.6 Å². The highest BCUT2D eigenvalue weighted by atomic mass is 79.9. The molecule has 0 amide bonds. The molecule has 2 rings (SSSR count). The number of benzene rings is 1. The number of halogens is 1. The Hall–Kier alpha value is -0.710. The number of thiazole rings is 1. The van der Waals surface area contributed by atoms with E-state index in [2.05, 4.69) is 46.0 Å². The molecule has 2 N–H and O–H groups in total. The highest BCUT2D eigenvalue weighted by Gasteiger charge is 2.08. The first-order chi connectivity index (χ1) is 7.20. The average Bonchev–Trinajstić information content (AvgIpc) is 2.60. The van der Waals surface area contributed by atoms with Gasteiger partial charge < -0.3 is 5.73 Å².